The van der Waals surface area contributed by atoms with E-state index in [-0.39, 0.29) is 5.92 Å². The summed E-state index contributed by atoms with van der Waals surface area (Å²) in [4.78, 5) is 46.9. The summed E-state index contributed by atoms with van der Waals surface area (Å²) >= 11 is 0. The predicted octanol–water partition coefficient (Wildman–Crippen LogP) is -1.71. The lowest BCUT2D eigenvalue weighted by Crippen LogP contribution is -2.53. The van der Waals surface area contributed by atoms with Gasteiger partial charge in [0, 0.05) is 0 Å². The lowest BCUT2D eigenvalue weighted by molar-refractivity contribution is -0.143. The summed E-state index contributed by atoms with van der Waals surface area (Å²) in [7, 11) is 0. The fourth-order valence-electron chi connectivity index (χ4n) is 2.09. The van der Waals surface area contributed by atoms with Crippen LogP contribution in [-0.4, -0.2) is 60.0 Å². The van der Waals surface area contributed by atoms with Gasteiger partial charge in [0.15, 0.2) is 0 Å². The highest BCUT2D eigenvalue weighted by molar-refractivity contribution is 5.92. The minimum atomic E-state index is -1.15. The van der Waals surface area contributed by atoms with Gasteiger partial charge in [-0.15, -0.1) is 0 Å². The summed E-state index contributed by atoms with van der Waals surface area (Å²) in [5, 5.41) is 16.3. The van der Waals surface area contributed by atoms with Crippen molar-refractivity contribution >= 4 is 23.7 Å². The van der Waals surface area contributed by atoms with Crippen LogP contribution in [0.4, 0.5) is 0 Å². The number of amides is 3. The molecule has 0 spiro atoms. The number of hydrogen-bond acceptors (Lipinski definition) is 6. The van der Waals surface area contributed by atoms with E-state index in [0.717, 1.165) is 0 Å². The van der Waals surface area contributed by atoms with Gasteiger partial charge in [-0.2, -0.15) is 0 Å². The molecule has 0 aliphatic carbocycles. The van der Waals surface area contributed by atoms with Crippen molar-refractivity contribution in [3.8, 4) is 0 Å². The van der Waals surface area contributed by atoms with Gasteiger partial charge in [0.05, 0.1) is 12.6 Å². The van der Waals surface area contributed by atoms with Crippen molar-refractivity contribution in [2.45, 2.75) is 58.2 Å². The van der Waals surface area contributed by atoms with Crippen LogP contribution in [0, 0.1) is 5.92 Å². The first-order valence-electron chi connectivity index (χ1n) is 8.66. The smallest absolute Gasteiger partial charge is 0.326 e. The van der Waals surface area contributed by atoms with E-state index in [4.69, 9.17) is 16.6 Å². The van der Waals surface area contributed by atoms with Crippen LogP contribution in [-0.2, 0) is 19.2 Å². The van der Waals surface area contributed by atoms with Gasteiger partial charge in [-0.1, -0.05) is 13.8 Å². The Morgan fingerprint density at radius 2 is 1.62 bits per heavy atom. The van der Waals surface area contributed by atoms with E-state index in [1.54, 1.807) is 13.8 Å². The zero-order valence-electron chi connectivity index (χ0n) is 15.6. The fourth-order valence-corrected chi connectivity index (χ4v) is 2.09. The van der Waals surface area contributed by atoms with Crippen molar-refractivity contribution in [2.75, 3.05) is 13.1 Å². The van der Waals surface area contributed by atoms with E-state index >= 15 is 0 Å². The van der Waals surface area contributed by atoms with E-state index < -0.39 is 48.4 Å². The van der Waals surface area contributed by atoms with Crippen molar-refractivity contribution in [3.05, 3.63) is 0 Å². The maximum Gasteiger partial charge on any atom is 0.326 e. The molecule has 3 unspecified atom stereocenters. The molecule has 10 nitrogen and oxygen atoms in total. The number of nitrogens with two attached hydrogens (primary N) is 2. The number of aliphatic carboxylic acids is 1. The molecule has 0 aliphatic heterocycles. The Bertz CT molecular complexity index is 495. The van der Waals surface area contributed by atoms with E-state index in [1.165, 1.54) is 6.92 Å². The first-order valence-corrected chi connectivity index (χ1v) is 8.66. The van der Waals surface area contributed by atoms with Crippen LogP contribution >= 0.6 is 0 Å². The first kappa shape index (κ1) is 23.8. The quantitative estimate of drug-likeness (QED) is 0.221. The molecule has 0 aromatic heterocycles. The summed E-state index contributed by atoms with van der Waals surface area (Å²) in [6.07, 6.45) is 1.66. The first-order chi connectivity index (χ1) is 12.1. The van der Waals surface area contributed by atoms with Gasteiger partial charge in [-0.05, 0) is 38.6 Å². The van der Waals surface area contributed by atoms with Crippen molar-refractivity contribution in [1.29, 1.82) is 0 Å². The largest absolute Gasteiger partial charge is 0.480 e. The van der Waals surface area contributed by atoms with Gasteiger partial charge < -0.3 is 32.5 Å². The van der Waals surface area contributed by atoms with Crippen LogP contribution in [0.5, 0.6) is 0 Å². The molecule has 26 heavy (non-hydrogen) atoms. The van der Waals surface area contributed by atoms with Crippen LogP contribution in [0.15, 0.2) is 0 Å². The Balaban J connectivity index is 4.68. The molecule has 0 aromatic carbocycles. The molecule has 150 valence electrons. The maximum absolute atomic E-state index is 12.3. The summed E-state index contributed by atoms with van der Waals surface area (Å²) in [5.74, 6) is -3.10. The highest BCUT2D eigenvalue weighted by atomic mass is 16.4. The van der Waals surface area contributed by atoms with Gasteiger partial charge in [-0.3, -0.25) is 14.4 Å². The normalized spacial score (nSPS) is 14.2. The molecule has 10 heteroatoms. The molecule has 0 aromatic rings. The number of nitrogens with one attached hydrogen (secondary N) is 3. The Morgan fingerprint density at radius 3 is 2.08 bits per heavy atom. The Labute approximate surface area is 153 Å². The summed E-state index contributed by atoms with van der Waals surface area (Å²) in [6.45, 7) is 4.89. The predicted molar refractivity (Wildman–Crippen MR) is 95.9 cm³/mol. The molecular formula is C16H31N5O5. The highest BCUT2D eigenvalue weighted by Gasteiger charge is 2.25. The van der Waals surface area contributed by atoms with E-state index in [9.17, 15) is 19.2 Å². The topological polar surface area (TPSA) is 177 Å². The Kier molecular flexibility index (Phi) is 11.2. The van der Waals surface area contributed by atoms with Crippen molar-refractivity contribution < 1.29 is 24.3 Å². The van der Waals surface area contributed by atoms with E-state index in [1.807, 2.05) is 0 Å². The van der Waals surface area contributed by atoms with Crippen LogP contribution in [0.2, 0.25) is 0 Å². The molecule has 0 bridgehead atoms. The number of unbranched alkanes of at least 4 members (excludes halogenated alkanes) is 1. The third-order valence-electron chi connectivity index (χ3n) is 3.67. The second kappa shape index (κ2) is 12.2. The van der Waals surface area contributed by atoms with Gasteiger partial charge in [0.2, 0.25) is 17.7 Å². The zero-order chi connectivity index (χ0) is 20.3. The number of hydrogen-bond donors (Lipinski definition) is 6. The summed E-state index contributed by atoms with van der Waals surface area (Å²) in [5.41, 5.74) is 10.9. The lowest BCUT2D eigenvalue weighted by atomic mass is 10.0. The van der Waals surface area contributed by atoms with Crippen molar-refractivity contribution in [1.82, 2.24) is 16.0 Å². The lowest BCUT2D eigenvalue weighted by Gasteiger charge is -2.21. The fraction of sp³-hybridized carbons (Fsp3) is 0.750. The van der Waals surface area contributed by atoms with Crippen LogP contribution in [0.25, 0.3) is 0 Å². The molecule has 0 saturated heterocycles. The van der Waals surface area contributed by atoms with Crippen LogP contribution in [0.3, 0.4) is 0 Å². The Morgan fingerprint density at radius 1 is 1.00 bits per heavy atom. The van der Waals surface area contributed by atoms with Crippen molar-refractivity contribution in [2.24, 2.45) is 17.4 Å². The summed E-state index contributed by atoms with van der Waals surface area (Å²) in [6, 6.07) is -2.66. The van der Waals surface area contributed by atoms with Gasteiger partial charge >= 0.3 is 5.97 Å². The Hall–Kier alpha value is -2.20. The monoisotopic (exact) mass is 373 g/mol. The molecule has 0 radical (unpaired) electrons. The van der Waals surface area contributed by atoms with Gasteiger partial charge in [0.25, 0.3) is 0 Å². The molecule has 3 amide bonds. The van der Waals surface area contributed by atoms with Gasteiger partial charge in [0.1, 0.15) is 12.1 Å². The number of carboxylic acids is 1. The average molecular weight is 373 g/mol. The van der Waals surface area contributed by atoms with E-state index in [0.29, 0.717) is 25.8 Å². The second-order valence-corrected chi connectivity index (χ2v) is 6.48. The van der Waals surface area contributed by atoms with Gasteiger partial charge in [-0.25, -0.2) is 4.79 Å². The number of carbonyl (C=O) groups is 4. The van der Waals surface area contributed by atoms with Crippen molar-refractivity contribution in [3.63, 3.8) is 0 Å². The zero-order valence-corrected chi connectivity index (χ0v) is 15.6. The molecule has 0 aliphatic rings. The molecule has 8 N–H and O–H groups in total. The second-order valence-electron chi connectivity index (χ2n) is 6.48. The number of rotatable bonds is 12. The molecule has 0 saturated carbocycles. The highest BCUT2D eigenvalue weighted by Crippen LogP contribution is 2.03. The molecule has 0 heterocycles. The van der Waals surface area contributed by atoms with Crippen LogP contribution in [0.1, 0.15) is 40.0 Å². The molecular weight excluding hydrogens is 342 g/mol. The number of carboxylic acid groups (broad SMARTS) is 1. The molecule has 0 rings (SSSR count). The third kappa shape index (κ3) is 9.33. The maximum atomic E-state index is 12.3. The number of carbonyl (C=O) groups excluding carboxylic acids is 3. The van der Waals surface area contributed by atoms with Crippen LogP contribution < -0.4 is 27.4 Å². The minimum absolute atomic E-state index is 0.304. The standard InChI is InChI=1S/C16H31N5O5/c1-9(2)13(16(25)26)21-12(22)8-19-15(24)11(6-4-5-7-17)20-14(23)10(3)18/h9-11,13H,4-8,17-18H2,1-3H3,(H,19,24)(H,20,23)(H,21,22)(H,25,26). The summed E-state index contributed by atoms with van der Waals surface area (Å²) < 4.78 is 0. The molecule has 3 atom stereocenters. The SMILES string of the molecule is CC(N)C(=O)NC(CCCCN)C(=O)NCC(=O)NC(C(=O)O)C(C)C. The van der Waals surface area contributed by atoms with E-state index in [2.05, 4.69) is 16.0 Å². The molecule has 0 fully saturated rings. The minimum Gasteiger partial charge on any atom is -0.480 e. The third-order valence-corrected chi connectivity index (χ3v) is 3.67. The average Bonchev–Trinajstić information content (AvgIpc) is 2.55.